The summed E-state index contributed by atoms with van der Waals surface area (Å²) in [6.45, 7) is 14.8. The van der Waals surface area contributed by atoms with Gasteiger partial charge in [-0.25, -0.2) is 4.68 Å². The van der Waals surface area contributed by atoms with Gasteiger partial charge in [-0.15, -0.1) is 11.7 Å². The first kappa shape index (κ1) is 21.3. The molecular formula is C21H32N6O2. The Morgan fingerprint density at radius 3 is 2.45 bits per heavy atom. The van der Waals surface area contributed by atoms with Crippen LogP contribution in [0.3, 0.4) is 0 Å². The predicted molar refractivity (Wildman–Crippen MR) is 112 cm³/mol. The van der Waals surface area contributed by atoms with Crippen molar-refractivity contribution in [2.24, 2.45) is 0 Å². The summed E-state index contributed by atoms with van der Waals surface area (Å²) in [4.78, 5) is 4.82. The molecule has 0 radical (unpaired) electrons. The van der Waals surface area contributed by atoms with Gasteiger partial charge in [-0.1, -0.05) is 18.2 Å². The summed E-state index contributed by atoms with van der Waals surface area (Å²) >= 11 is 0. The van der Waals surface area contributed by atoms with Crippen molar-refractivity contribution in [3.63, 3.8) is 0 Å². The molecule has 8 nitrogen and oxygen atoms in total. The van der Waals surface area contributed by atoms with Gasteiger partial charge in [0.2, 0.25) is 0 Å². The predicted octanol–water partition coefficient (Wildman–Crippen LogP) is 2.34. The third kappa shape index (κ3) is 4.43. The van der Waals surface area contributed by atoms with Crippen molar-refractivity contribution >= 4 is 0 Å². The van der Waals surface area contributed by atoms with Gasteiger partial charge in [0.05, 0.1) is 19.8 Å². The minimum absolute atomic E-state index is 0.139. The molecule has 1 saturated heterocycles. The fraction of sp³-hybridized carbons (Fsp3) is 0.571. The molecule has 3 rings (SSSR count). The molecule has 0 spiro atoms. The smallest absolute Gasteiger partial charge is 0.173 e. The number of tetrazole rings is 1. The van der Waals surface area contributed by atoms with Crippen LogP contribution in [0.15, 0.2) is 30.9 Å². The Morgan fingerprint density at radius 1 is 1.14 bits per heavy atom. The summed E-state index contributed by atoms with van der Waals surface area (Å²) in [7, 11) is 3.33. The average Bonchev–Trinajstić information content (AvgIpc) is 3.19. The number of methoxy groups -OCH3 is 2. The van der Waals surface area contributed by atoms with Gasteiger partial charge in [0.25, 0.3) is 0 Å². The SMILES string of the molecule is C=CCN1CCN(C(c2cccc(OC)c2OC)c2nnnn2C(C)(C)C)CC1. The van der Waals surface area contributed by atoms with Crippen LogP contribution < -0.4 is 9.47 Å². The van der Waals surface area contributed by atoms with Crippen LogP contribution in [0, 0.1) is 0 Å². The van der Waals surface area contributed by atoms with E-state index in [-0.39, 0.29) is 11.6 Å². The van der Waals surface area contributed by atoms with Gasteiger partial charge in [0, 0.05) is 38.3 Å². The monoisotopic (exact) mass is 400 g/mol. The van der Waals surface area contributed by atoms with E-state index in [1.54, 1.807) is 14.2 Å². The van der Waals surface area contributed by atoms with Crippen LogP contribution in [0.2, 0.25) is 0 Å². The normalized spacial score (nSPS) is 17.1. The van der Waals surface area contributed by atoms with Crippen molar-refractivity contribution in [2.75, 3.05) is 46.9 Å². The second kappa shape index (κ2) is 8.92. The van der Waals surface area contributed by atoms with E-state index >= 15 is 0 Å². The molecule has 0 amide bonds. The van der Waals surface area contributed by atoms with Crippen LogP contribution in [0.25, 0.3) is 0 Å². The van der Waals surface area contributed by atoms with Crippen LogP contribution in [-0.2, 0) is 5.54 Å². The lowest BCUT2D eigenvalue weighted by molar-refractivity contribution is 0.108. The Bertz CT molecular complexity index is 821. The third-order valence-corrected chi connectivity index (χ3v) is 5.26. The zero-order valence-electron chi connectivity index (χ0n) is 18.1. The van der Waals surface area contributed by atoms with Gasteiger partial charge in [0.1, 0.15) is 6.04 Å². The fourth-order valence-corrected chi connectivity index (χ4v) is 3.86. The number of para-hydroxylation sites is 1. The van der Waals surface area contributed by atoms with Crippen molar-refractivity contribution < 1.29 is 9.47 Å². The topological polar surface area (TPSA) is 68.5 Å². The van der Waals surface area contributed by atoms with Gasteiger partial charge in [-0.2, -0.15) is 0 Å². The van der Waals surface area contributed by atoms with Crippen molar-refractivity contribution in [3.8, 4) is 11.5 Å². The van der Waals surface area contributed by atoms with E-state index in [0.29, 0.717) is 5.75 Å². The number of aromatic nitrogens is 4. The quantitative estimate of drug-likeness (QED) is 0.661. The number of hydrogen-bond acceptors (Lipinski definition) is 7. The molecule has 1 unspecified atom stereocenters. The Labute approximate surface area is 173 Å². The summed E-state index contributed by atoms with van der Waals surface area (Å²) < 4.78 is 13.2. The molecule has 2 aromatic rings. The summed E-state index contributed by atoms with van der Waals surface area (Å²) in [6.07, 6.45) is 1.96. The molecule has 1 atom stereocenters. The molecule has 1 fully saturated rings. The molecule has 0 saturated carbocycles. The number of ether oxygens (including phenoxy) is 2. The van der Waals surface area contributed by atoms with E-state index < -0.39 is 0 Å². The van der Waals surface area contributed by atoms with Gasteiger partial charge in [-0.3, -0.25) is 9.80 Å². The second-order valence-corrected chi connectivity index (χ2v) is 8.23. The molecule has 1 aliphatic heterocycles. The molecule has 1 aliphatic rings. The molecule has 0 N–H and O–H groups in total. The highest BCUT2D eigenvalue weighted by atomic mass is 16.5. The third-order valence-electron chi connectivity index (χ3n) is 5.26. The first-order valence-corrected chi connectivity index (χ1v) is 9.97. The lowest BCUT2D eigenvalue weighted by atomic mass is 10.00. The van der Waals surface area contributed by atoms with Gasteiger partial charge < -0.3 is 9.47 Å². The zero-order chi connectivity index (χ0) is 21.0. The maximum atomic E-state index is 5.77. The highest BCUT2D eigenvalue weighted by Crippen LogP contribution is 2.40. The van der Waals surface area contributed by atoms with Crippen molar-refractivity contribution in [1.82, 2.24) is 30.0 Å². The van der Waals surface area contributed by atoms with Gasteiger partial charge in [0.15, 0.2) is 17.3 Å². The second-order valence-electron chi connectivity index (χ2n) is 8.23. The Hall–Kier alpha value is -2.45. The van der Waals surface area contributed by atoms with Crippen molar-refractivity contribution in [2.45, 2.75) is 32.4 Å². The van der Waals surface area contributed by atoms with E-state index in [9.17, 15) is 0 Å². The Morgan fingerprint density at radius 2 is 1.86 bits per heavy atom. The summed E-state index contributed by atoms with van der Waals surface area (Å²) in [5.41, 5.74) is 0.762. The maximum Gasteiger partial charge on any atom is 0.173 e. The van der Waals surface area contributed by atoms with E-state index in [1.165, 1.54) is 0 Å². The molecule has 158 valence electrons. The van der Waals surface area contributed by atoms with E-state index in [0.717, 1.165) is 49.9 Å². The maximum absolute atomic E-state index is 5.77. The Kier molecular flexibility index (Phi) is 6.54. The van der Waals surface area contributed by atoms with Crippen LogP contribution in [0.1, 0.15) is 38.2 Å². The Balaban J connectivity index is 2.07. The molecular weight excluding hydrogens is 368 g/mol. The van der Waals surface area contributed by atoms with Crippen LogP contribution in [0.4, 0.5) is 0 Å². The summed E-state index contributed by atoms with van der Waals surface area (Å²) in [5, 5.41) is 12.8. The lowest BCUT2D eigenvalue weighted by Crippen LogP contribution is -2.48. The first-order valence-electron chi connectivity index (χ1n) is 9.97. The number of hydrogen-bond donors (Lipinski definition) is 0. The van der Waals surface area contributed by atoms with Gasteiger partial charge in [-0.05, 0) is 37.3 Å². The van der Waals surface area contributed by atoms with Crippen molar-refractivity contribution in [1.29, 1.82) is 0 Å². The highest BCUT2D eigenvalue weighted by Gasteiger charge is 2.35. The molecule has 8 heteroatoms. The molecule has 0 aliphatic carbocycles. The van der Waals surface area contributed by atoms with Crippen LogP contribution >= 0.6 is 0 Å². The average molecular weight is 401 g/mol. The van der Waals surface area contributed by atoms with Crippen LogP contribution in [-0.4, -0.2) is 77.0 Å². The standard InChI is InChI=1S/C21H32N6O2/c1-7-11-25-12-14-26(15-13-25)18(20-22-23-24-27(20)21(2,3)4)16-9-8-10-17(28-5)19(16)29-6/h7-10,18H,1,11-15H2,2-6H3. The van der Waals surface area contributed by atoms with Crippen molar-refractivity contribution in [3.05, 3.63) is 42.2 Å². The molecule has 1 aromatic heterocycles. The number of rotatable bonds is 7. The summed E-state index contributed by atoms with van der Waals surface area (Å²) in [5.74, 6) is 2.23. The molecule has 0 bridgehead atoms. The zero-order valence-corrected chi connectivity index (χ0v) is 18.1. The van der Waals surface area contributed by atoms with Crippen LogP contribution in [0.5, 0.6) is 11.5 Å². The highest BCUT2D eigenvalue weighted by molar-refractivity contribution is 5.49. The van der Waals surface area contributed by atoms with E-state index in [4.69, 9.17) is 9.47 Å². The number of piperazine rings is 1. The number of nitrogens with zero attached hydrogens (tertiary/aromatic N) is 6. The minimum atomic E-state index is -0.242. The minimum Gasteiger partial charge on any atom is -0.493 e. The molecule has 29 heavy (non-hydrogen) atoms. The molecule has 2 heterocycles. The lowest BCUT2D eigenvalue weighted by Gasteiger charge is -2.39. The van der Waals surface area contributed by atoms with Gasteiger partial charge >= 0.3 is 0 Å². The fourth-order valence-electron chi connectivity index (χ4n) is 3.86. The molecule has 1 aromatic carbocycles. The number of benzene rings is 1. The van der Waals surface area contributed by atoms with E-state index in [2.05, 4.69) is 58.7 Å². The summed E-state index contributed by atoms with van der Waals surface area (Å²) in [6, 6.07) is 5.83. The van der Waals surface area contributed by atoms with E-state index in [1.807, 2.05) is 22.9 Å². The first-order chi connectivity index (χ1) is 13.9. The largest absolute Gasteiger partial charge is 0.493 e.